The highest BCUT2D eigenvalue weighted by Gasteiger charge is 2.25. The second-order valence-electron chi connectivity index (χ2n) is 6.13. The van der Waals surface area contributed by atoms with Crippen LogP contribution in [-0.4, -0.2) is 16.0 Å². The number of hydrogen-bond acceptors (Lipinski definition) is 5. The zero-order chi connectivity index (χ0) is 14.7. The molecular formula is C15H27N5. The molecule has 1 unspecified atom stereocenters. The Balaban J connectivity index is 2.21. The van der Waals surface area contributed by atoms with Gasteiger partial charge in [-0.1, -0.05) is 33.6 Å². The summed E-state index contributed by atoms with van der Waals surface area (Å²) < 4.78 is 0. The normalized spacial score (nSPS) is 16.3. The van der Waals surface area contributed by atoms with E-state index in [4.69, 9.17) is 5.84 Å². The molecule has 0 bridgehead atoms. The highest BCUT2D eigenvalue weighted by molar-refractivity contribution is 5.57. The molecule has 1 aromatic heterocycles. The minimum atomic E-state index is 0.284. The van der Waals surface area contributed by atoms with Crippen LogP contribution < -0.4 is 16.6 Å². The zero-order valence-electron chi connectivity index (χ0n) is 13.0. The van der Waals surface area contributed by atoms with E-state index in [0.29, 0.717) is 11.9 Å². The monoisotopic (exact) mass is 277 g/mol. The van der Waals surface area contributed by atoms with E-state index in [9.17, 15) is 0 Å². The van der Waals surface area contributed by atoms with Crippen LogP contribution in [0.2, 0.25) is 0 Å². The van der Waals surface area contributed by atoms with Crippen molar-refractivity contribution >= 4 is 11.6 Å². The molecule has 2 rings (SSSR count). The molecule has 0 amide bonds. The van der Waals surface area contributed by atoms with Gasteiger partial charge in [0.05, 0.1) is 0 Å². The fourth-order valence-corrected chi connectivity index (χ4v) is 2.35. The maximum absolute atomic E-state index is 5.57. The molecule has 0 saturated heterocycles. The van der Waals surface area contributed by atoms with Gasteiger partial charge in [0.15, 0.2) is 0 Å². The number of anilines is 2. The number of hydrogen-bond donors (Lipinski definition) is 3. The van der Waals surface area contributed by atoms with Gasteiger partial charge < -0.3 is 10.7 Å². The number of aromatic nitrogens is 2. The first-order valence-electron chi connectivity index (χ1n) is 7.66. The summed E-state index contributed by atoms with van der Waals surface area (Å²) in [6.07, 6.45) is 5.12. The Labute approximate surface area is 121 Å². The van der Waals surface area contributed by atoms with Crippen molar-refractivity contribution in [2.75, 3.05) is 10.7 Å². The maximum atomic E-state index is 5.57. The lowest BCUT2D eigenvalue weighted by Gasteiger charge is -2.21. The van der Waals surface area contributed by atoms with E-state index in [1.165, 1.54) is 19.3 Å². The van der Waals surface area contributed by atoms with Crippen molar-refractivity contribution in [2.45, 2.75) is 65.3 Å². The van der Waals surface area contributed by atoms with E-state index >= 15 is 0 Å². The highest BCUT2D eigenvalue weighted by atomic mass is 15.3. The van der Waals surface area contributed by atoms with E-state index < -0.39 is 0 Å². The van der Waals surface area contributed by atoms with E-state index in [0.717, 1.165) is 29.5 Å². The Morgan fingerprint density at radius 2 is 1.90 bits per heavy atom. The molecule has 4 N–H and O–H groups in total. The van der Waals surface area contributed by atoms with Crippen molar-refractivity contribution < 1.29 is 0 Å². The predicted molar refractivity (Wildman–Crippen MR) is 83.7 cm³/mol. The molecule has 0 radical (unpaired) electrons. The largest absolute Gasteiger partial charge is 0.367 e. The molecule has 1 aliphatic carbocycles. The Morgan fingerprint density at radius 3 is 2.40 bits per heavy atom. The summed E-state index contributed by atoms with van der Waals surface area (Å²) >= 11 is 0. The number of nitrogen functional groups attached to an aromatic ring is 1. The van der Waals surface area contributed by atoms with Gasteiger partial charge in [-0.3, -0.25) is 0 Å². The van der Waals surface area contributed by atoms with E-state index in [1.54, 1.807) is 0 Å². The molecular weight excluding hydrogens is 250 g/mol. The van der Waals surface area contributed by atoms with Crippen molar-refractivity contribution in [1.29, 1.82) is 0 Å². The molecule has 1 aliphatic rings. The lowest BCUT2D eigenvalue weighted by Crippen LogP contribution is -2.22. The number of hydrazine groups is 1. The Bertz CT molecular complexity index is 454. The summed E-state index contributed by atoms with van der Waals surface area (Å²) in [6, 6.07) is 0.488. The zero-order valence-corrected chi connectivity index (χ0v) is 13.0. The quantitative estimate of drug-likeness (QED) is 0.527. The molecule has 1 aromatic rings. The minimum Gasteiger partial charge on any atom is -0.367 e. The van der Waals surface area contributed by atoms with Crippen molar-refractivity contribution in [3.05, 3.63) is 11.4 Å². The number of nitrogens with zero attached hydrogens (tertiary/aromatic N) is 2. The standard InChI is InChI=1S/C15H27N5/c1-5-12(8-11-6-7-11)17-14-10(4)15(20-16)19-13(18-14)9(2)3/h9,11-12H,5-8,16H2,1-4H3,(H2,17,18,19,20). The van der Waals surface area contributed by atoms with Crippen LogP contribution in [0.5, 0.6) is 0 Å². The Morgan fingerprint density at radius 1 is 1.25 bits per heavy atom. The van der Waals surface area contributed by atoms with Gasteiger partial charge in [-0.2, -0.15) is 0 Å². The SMILES string of the molecule is CCC(CC1CC1)Nc1nc(C(C)C)nc(NN)c1C. The molecule has 5 heteroatoms. The first-order chi connectivity index (χ1) is 9.55. The Kier molecular flexibility index (Phi) is 4.81. The lowest BCUT2D eigenvalue weighted by molar-refractivity contribution is 0.583. The van der Waals surface area contributed by atoms with Crippen LogP contribution in [0.1, 0.15) is 63.8 Å². The summed E-state index contributed by atoms with van der Waals surface area (Å²) in [6.45, 7) is 8.42. The summed E-state index contributed by atoms with van der Waals surface area (Å²) in [7, 11) is 0. The van der Waals surface area contributed by atoms with Crippen LogP contribution in [0.15, 0.2) is 0 Å². The van der Waals surface area contributed by atoms with Crippen LogP contribution in [0, 0.1) is 12.8 Å². The van der Waals surface area contributed by atoms with E-state index in [2.05, 4.69) is 41.5 Å². The van der Waals surface area contributed by atoms with Crippen LogP contribution in [0.4, 0.5) is 11.6 Å². The van der Waals surface area contributed by atoms with Gasteiger partial charge in [0.1, 0.15) is 17.5 Å². The van der Waals surface area contributed by atoms with Crippen molar-refractivity contribution in [2.24, 2.45) is 11.8 Å². The molecule has 1 heterocycles. The minimum absolute atomic E-state index is 0.284. The first-order valence-corrected chi connectivity index (χ1v) is 7.66. The van der Waals surface area contributed by atoms with Crippen molar-refractivity contribution in [1.82, 2.24) is 9.97 Å². The molecule has 1 fully saturated rings. The third-order valence-electron chi connectivity index (χ3n) is 3.96. The van der Waals surface area contributed by atoms with Crippen LogP contribution >= 0.6 is 0 Å². The third kappa shape index (κ3) is 3.60. The summed E-state index contributed by atoms with van der Waals surface area (Å²) in [5.74, 6) is 9.23. The number of rotatable bonds is 7. The fourth-order valence-electron chi connectivity index (χ4n) is 2.35. The van der Waals surface area contributed by atoms with E-state index in [1.807, 2.05) is 6.92 Å². The lowest BCUT2D eigenvalue weighted by atomic mass is 10.1. The van der Waals surface area contributed by atoms with Crippen LogP contribution in [0.25, 0.3) is 0 Å². The van der Waals surface area contributed by atoms with Crippen LogP contribution in [0.3, 0.4) is 0 Å². The van der Waals surface area contributed by atoms with Crippen molar-refractivity contribution in [3.8, 4) is 0 Å². The molecule has 5 nitrogen and oxygen atoms in total. The molecule has 1 saturated carbocycles. The van der Waals surface area contributed by atoms with Gasteiger partial charge in [0.2, 0.25) is 0 Å². The van der Waals surface area contributed by atoms with Gasteiger partial charge in [0, 0.05) is 17.5 Å². The molecule has 112 valence electrons. The number of nitrogens with one attached hydrogen (secondary N) is 2. The van der Waals surface area contributed by atoms with Gasteiger partial charge in [0.25, 0.3) is 0 Å². The van der Waals surface area contributed by atoms with Gasteiger partial charge in [-0.25, -0.2) is 15.8 Å². The second-order valence-corrected chi connectivity index (χ2v) is 6.13. The molecule has 20 heavy (non-hydrogen) atoms. The average Bonchev–Trinajstić information content (AvgIpc) is 3.23. The fraction of sp³-hybridized carbons (Fsp3) is 0.733. The van der Waals surface area contributed by atoms with Gasteiger partial charge >= 0.3 is 0 Å². The third-order valence-corrected chi connectivity index (χ3v) is 3.96. The smallest absolute Gasteiger partial charge is 0.148 e. The van der Waals surface area contributed by atoms with Crippen molar-refractivity contribution in [3.63, 3.8) is 0 Å². The number of nitrogens with two attached hydrogens (primary N) is 1. The summed E-state index contributed by atoms with van der Waals surface area (Å²) in [4.78, 5) is 9.15. The topological polar surface area (TPSA) is 75.9 Å². The summed E-state index contributed by atoms with van der Waals surface area (Å²) in [5, 5.41) is 3.59. The van der Waals surface area contributed by atoms with Gasteiger partial charge in [-0.15, -0.1) is 0 Å². The molecule has 0 spiro atoms. The Hall–Kier alpha value is -1.36. The average molecular weight is 277 g/mol. The molecule has 1 atom stereocenters. The summed E-state index contributed by atoms with van der Waals surface area (Å²) in [5.41, 5.74) is 3.68. The predicted octanol–water partition coefficient (Wildman–Crippen LogP) is 3.18. The van der Waals surface area contributed by atoms with Crippen LogP contribution in [-0.2, 0) is 0 Å². The highest BCUT2D eigenvalue weighted by Crippen LogP contribution is 2.35. The maximum Gasteiger partial charge on any atom is 0.148 e. The first kappa shape index (κ1) is 15.0. The second kappa shape index (κ2) is 6.39. The van der Waals surface area contributed by atoms with E-state index in [-0.39, 0.29) is 5.92 Å². The molecule has 0 aliphatic heterocycles. The van der Waals surface area contributed by atoms with Gasteiger partial charge in [-0.05, 0) is 25.7 Å². The molecule has 0 aromatic carbocycles.